The van der Waals surface area contributed by atoms with E-state index in [9.17, 15) is 4.79 Å². The van der Waals surface area contributed by atoms with Gasteiger partial charge in [-0.05, 0) is 73.2 Å². The number of ether oxygens (including phenoxy) is 1. The Labute approximate surface area is 180 Å². The molecule has 5 rings (SSSR count). The predicted molar refractivity (Wildman–Crippen MR) is 122 cm³/mol. The van der Waals surface area contributed by atoms with Crippen LogP contribution >= 0.6 is 11.6 Å². The molecule has 0 unspecified atom stereocenters. The second kappa shape index (κ2) is 7.37. The lowest BCUT2D eigenvalue weighted by molar-refractivity contribution is 0.416. The summed E-state index contributed by atoms with van der Waals surface area (Å²) < 4.78 is 9.43. The Kier molecular flexibility index (Phi) is 4.67. The molecule has 2 aromatic carbocycles. The van der Waals surface area contributed by atoms with Crippen molar-refractivity contribution < 1.29 is 4.74 Å². The van der Waals surface area contributed by atoms with Gasteiger partial charge in [0.1, 0.15) is 5.75 Å². The topological polar surface area (TPSA) is 36.2 Å². The van der Waals surface area contributed by atoms with Crippen molar-refractivity contribution in [1.82, 2.24) is 9.13 Å². The van der Waals surface area contributed by atoms with Crippen LogP contribution in [-0.4, -0.2) is 16.2 Å². The monoisotopic (exact) mass is 418 g/mol. The standard InChI is InChI=1S/C25H23ClN2O2/c1-27-22-6-4-3-5-20(22)21-10-8-18(15-23(21)27)28-12-11-16(13-25(28)29)19-9-7-17(26)14-24(19)30-2/h7-15H,3-6H2,1-2H3. The van der Waals surface area contributed by atoms with Crippen molar-refractivity contribution in [2.75, 3.05) is 7.11 Å². The third-order valence-corrected chi connectivity index (χ3v) is 6.42. The van der Waals surface area contributed by atoms with Crippen molar-refractivity contribution in [2.24, 2.45) is 7.05 Å². The van der Waals surface area contributed by atoms with E-state index in [1.165, 1.54) is 35.0 Å². The molecule has 5 heteroatoms. The Morgan fingerprint density at radius 2 is 1.83 bits per heavy atom. The minimum absolute atomic E-state index is 0.0807. The highest BCUT2D eigenvalue weighted by Gasteiger charge is 2.18. The molecule has 2 heterocycles. The summed E-state index contributed by atoms with van der Waals surface area (Å²) in [5, 5.41) is 1.91. The van der Waals surface area contributed by atoms with E-state index in [1.807, 2.05) is 24.4 Å². The van der Waals surface area contributed by atoms with E-state index < -0.39 is 0 Å². The van der Waals surface area contributed by atoms with Crippen LogP contribution < -0.4 is 10.3 Å². The smallest absolute Gasteiger partial charge is 0.255 e. The van der Waals surface area contributed by atoms with Gasteiger partial charge in [-0.25, -0.2) is 0 Å². The van der Waals surface area contributed by atoms with Gasteiger partial charge in [-0.1, -0.05) is 17.7 Å². The average molecular weight is 419 g/mol. The van der Waals surface area contributed by atoms with Crippen LogP contribution in [0.3, 0.4) is 0 Å². The molecule has 152 valence electrons. The Balaban J connectivity index is 1.59. The molecule has 0 saturated carbocycles. The highest BCUT2D eigenvalue weighted by atomic mass is 35.5. The van der Waals surface area contributed by atoms with Crippen LogP contribution in [-0.2, 0) is 19.9 Å². The molecule has 0 saturated heterocycles. The molecule has 0 amide bonds. The van der Waals surface area contributed by atoms with E-state index in [4.69, 9.17) is 16.3 Å². The zero-order valence-corrected chi connectivity index (χ0v) is 17.9. The van der Waals surface area contributed by atoms with Gasteiger partial charge < -0.3 is 9.30 Å². The lowest BCUT2D eigenvalue weighted by Gasteiger charge is -2.12. The molecule has 2 aromatic heterocycles. The lowest BCUT2D eigenvalue weighted by Crippen LogP contribution is -2.16. The largest absolute Gasteiger partial charge is 0.496 e. The summed E-state index contributed by atoms with van der Waals surface area (Å²) in [6, 6.07) is 15.3. The number of benzene rings is 2. The number of pyridine rings is 1. The first-order valence-electron chi connectivity index (χ1n) is 10.2. The van der Waals surface area contributed by atoms with Gasteiger partial charge in [0.2, 0.25) is 0 Å². The number of hydrogen-bond acceptors (Lipinski definition) is 2. The summed E-state index contributed by atoms with van der Waals surface area (Å²) in [5.74, 6) is 0.649. The van der Waals surface area contributed by atoms with Crippen LogP contribution in [0.1, 0.15) is 24.1 Å². The van der Waals surface area contributed by atoms with E-state index in [-0.39, 0.29) is 5.56 Å². The normalized spacial score (nSPS) is 13.4. The van der Waals surface area contributed by atoms with Gasteiger partial charge >= 0.3 is 0 Å². The molecule has 1 aliphatic carbocycles. The van der Waals surface area contributed by atoms with Crippen molar-refractivity contribution >= 4 is 22.5 Å². The first kappa shape index (κ1) is 19.0. The van der Waals surface area contributed by atoms with Gasteiger partial charge in [-0.2, -0.15) is 0 Å². The van der Waals surface area contributed by atoms with E-state index in [0.29, 0.717) is 10.8 Å². The molecule has 1 aliphatic rings. The quantitative estimate of drug-likeness (QED) is 0.438. The number of methoxy groups -OCH3 is 1. The van der Waals surface area contributed by atoms with E-state index in [1.54, 1.807) is 29.9 Å². The number of halogens is 1. The highest BCUT2D eigenvalue weighted by Crippen LogP contribution is 2.33. The van der Waals surface area contributed by atoms with E-state index >= 15 is 0 Å². The minimum Gasteiger partial charge on any atom is -0.496 e. The summed E-state index contributed by atoms with van der Waals surface area (Å²) in [7, 11) is 3.74. The summed E-state index contributed by atoms with van der Waals surface area (Å²) in [5.41, 5.74) is 6.54. The zero-order valence-electron chi connectivity index (χ0n) is 17.1. The Hall–Kier alpha value is -2.98. The first-order chi connectivity index (χ1) is 14.6. The Bertz CT molecular complexity index is 1330. The number of hydrogen-bond donors (Lipinski definition) is 0. The van der Waals surface area contributed by atoms with Crippen molar-refractivity contribution in [3.63, 3.8) is 0 Å². The molecular formula is C25H23ClN2O2. The zero-order chi connectivity index (χ0) is 20.8. The number of aryl methyl sites for hydroxylation is 2. The number of aromatic nitrogens is 2. The van der Waals surface area contributed by atoms with Crippen molar-refractivity contribution in [3.05, 3.63) is 81.4 Å². The fourth-order valence-electron chi connectivity index (χ4n) is 4.66. The molecule has 0 aliphatic heterocycles. The Morgan fingerprint density at radius 3 is 2.63 bits per heavy atom. The molecule has 4 nitrogen and oxygen atoms in total. The molecule has 30 heavy (non-hydrogen) atoms. The molecule has 0 radical (unpaired) electrons. The maximum Gasteiger partial charge on any atom is 0.255 e. The first-order valence-corrected chi connectivity index (χ1v) is 10.6. The predicted octanol–water partition coefficient (Wildman–Crippen LogP) is 5.54. The van der Waals surface area contributed by atoms with Crippen LogP contribution in [0.5, 0.6) is 5.75 Å². The van der Waals surface area contributed by atoms with E-state index in [0.717, 1.165) is 29.7 Å². The third kappa shape index (κ3) is 3.03. The van der Waals surface area contributed by atoms with Gasteiger partial charge in [0.25, 0.3) is 5.56 Å². The maximum atomic E-state index is 13.0. The second-order valence-corrected chi connectivity index (χ2v) is 8.30. The number of nitrogens with zero attached hydrogens (tertiary/aromatic N) is 2. The van der Waals surface area contributed by atoms with Gasteiger partial charge in [0, 0.05) is 41.0 Å². The molecule has 0 fully saturated rings. The fourth-order valence-corrected chi connectivity index (χ4v) is 4.82. The molecule has 4 aromatic rings. The van der Waals surface area contributed by atoms with Gasteiger partial charge in [-0.15, -0.1) is 0 Å². The molecule has 0 bridgehead atoms. The van der Waals surface area contributed by atoms with Gasteiger partial charge in [0.05, 0.1) is 18.3 Å². The van der Waals surface area contributed by atoms with Crippen LogP contribution in [0.15, 0.2) is 59.5 Å². The summed E-state index contributed by atoms with van der Waals surface area (Å²) in [6.45, 7) is 0. The maximum absolute atomic E-state index is 13.0. The van der Waals surface area contributed by atoms with Crippen molar-refractivity contribution in [1.29, 1.82) is 0 Å². The Morgan fingerprint density at radius 1 is 1.00 bits per heavy atom. The number of fused-ring (bicyclic) bond motifs is 3. The molecule has 0 N–H and O–H groups in total. The van der Waals surface area contributed by atoms with E-state index in [2.05, 4.69) is 23.7 Å². The summed E-state index contributed by atoms with van der Waals surface area (Å²) >= 11 is 6.07. The van der Waals surface area contributed by atoms with Crippen LogP contribution in [0.25, 0.3) is 27.7 Å². The second-order valence-electron chi connectivity index (χ2n) is 7.86. The summed E-state index contributed by atoms with van der Waals surface area (Å²) in [4.78, 5) is 13.0. The van der Waals surface area contributed by atoms with Crippen molar-refractivity contribution in [3.8, 4) is 22.6 Å². The van der Waals surface area contributed by atoms with Crippen LogP contribution in [0.2, 0.25) is 5.02 Å². The highest BCUT2D eigenvalue weighted by molar-refractivity contribution is 6.30. The van der Waals surface area contributed by atoms with Crippen LogP contribution in [0, 0.1) is 0 Å². The molecular weight excluding hydrogens is 396 g/mol. The SMILES string of the molecule is COc1cc(Cl)ccc1-c1ccn(-c2ccc3c4c(n(C)c3c2)CCCC4)c(=O)c1. The van der Waals surface area contributed by atoms with Gasteiger partial charge in [-0.3, -0.25) is 9.36 Å². The van der Waals surface area contributed by atoms with Gasteiger partial charge in [0.15, 0.2) is 0 Å². The minimum atomic E-state index is -0.0807. The molecule has 0 atom stereocenters. The number of rotatable bonds is 3. The fraction of sp³-hybridized carbons (Fsp3) is 0.240. The lowest BCUT2D eigenvalue weighted by atomic mass is 9.95. The third-order valence-electron chi connectivity index (χ3n) is 6.18. The van der Waals surface area contributed by atoms with Crippen molar-refractivity contribution in [2.45, 2.75) is 25.7 Å². The summed E-state index contributed by atoms with van der Waals surface area (Å²) in [6.07, 6.45) is 6.61. The van der Waals surface area contributed by atoms with Crippen LogP contribution in [0.4, 0.5) is 0 Å². The average Bonchev–Trinajstić information content (AvgIpc) is 3.05. The molecule has 0 spiro atoms.